The molecule has 0 unspecified atom stereocenters. The average molecular weight is 349 g/mol. The van der Waals surface area contributed by atoms with Gasteiger partial charge in [-0.2, -0.15) is 0 Å². The van der Waals surface area contributed by atoms with Gasteiger partial charge in [-0.15, -0.1) is 0 Å². The monoisotopic (exact) mass is 349 g/mol. The molecule has 0 radical (unpaired) electrons. The molecule has 1 amide bonds. The molecule has 0 atom stereocenters. The fourth-order valence-corrected chi connectivity index (χ4v) is 2.64. The topological polar surface area (TPSA) is 84.0 Å². The first-order valence-electron chi connectivity index (χ1n) is 8.18. The third kappa shape index (κ3) is 3.21. The van der Waals surface area contributed by atoms with Crippen LogP contribution in [0.15, 0.2) is 58.3 Å². The molecule has 3 aromatic rings. The van der Waals surface area contributed by atoms with Crippen LogP contribution in [0.5, 0.6) is 0 Å². The van der Waals surface area contributed by atoms with Crippen LogP contribution in [0.3, 0.4) is 0 Å². The van der Waals surface area contributed by atoms with E-state index in [4.69, 9.17) is 0 Å². The van der Waals surface area contributed by atoms with Gasteiger partial charge in [0.15, 0.2) is 0 Å². The summed E-state index contributed by atoms with van der Waals surface area (Å²) >= 11 is 0. The number of nitrogens with zero attached hydrogens (tertiary/aromatic N) is 1. The Bertz CT molecular complexity index is 1090. The van der Waals surface area contributed by atoms with Gasteiger partial charge in [0.25, 0.3) is 11.5 Å². The van der Waals surface area contributed by atoms with Gasteiger partial charge in [0.1, 0.15) is 5.56 Å². The van der Waals surface area contributed by atoms with Crippen LogP contribution in [0, 0.1) is 20.8 Å². The summed E-state index contributed by atoms with van der Waals surface area (Å²) in [4.78, 5) is 39.9. The van der Waals surface area contributed by atoms with E-state index in [0.717, 1.165) is 27.5 Å². The standard InChI is InChI=1S/C20H19N3O3/c1-12-7-9-15(10-8-12)23-19(25)16(11-21-20(23)26)18(24)22-17-6-4-5-13(2)14(17)3/h4-11H,1-3H3,(H,21,26)(H,22,24). The molecule has 0 aliphatic heterocycles. The SMILES string of the molecule is Cc1ccc(-n2c(=O)[nH]cc(C(=O)Nc3cccc(C)c3C)c2=O)cc1. The summed E-state index contributed by atoms with van der Waals surface area (Å²) in [5.41, 5.74) is 2.59. The lowest BCUT2D eigenvalue weighted by atomic mass is 10.1. The fraction of sp³-hybridized carbons (Fsp3) is 0.150. The molecule has 2 N–H and O–H groups in total. The van der Waals surface area contributed by atoms with Crippen molar-refractivity contribution in [2.24, 2.45) is 0 Å². The Morgan fingerprint density at radius 1 is 1.00 bits per heavy atom. The highest BCUT2D eigenvalue weighted by Crippen LogP contribution is 2.18. The Morgan fingerprint density at radius 2 is 1.69 bits per heavy atom. The van der Waals surface area contributed by atoms with Gasteiger partial charge in [0, 0.05) is 11.9 Å². The molecule has 0 saturated carbocycles. The molecule has 1 heterocycles. The van der Waals surface area contributed by atoms with Gasteiger partial charge < -0.3 is 10.3 Å². The highest BCUT2D eigenvalue weighted by molar-refractivity contribution is 6.04. The number of H-pyrrole nitrogens is 1. The molecule has 1 aromatic heterocycles. The van der Waals surface area contributed by atoms with Crippen LogP contribution in [0.25, 0.3) is 5.69 Å². The quantitative estimate of drug-likeness (QED) is 0.762. The molecule has 0 aliphatic rings. The zero-order valence-electron chi connectivity index (χ0n) is 14.8. The number of amides is 1. The molecule has 3 rings (SSSR count). The minimum atomic E-state index is -0.666. The second-order valence-corrected chi connectivity index (χ2v) is 6.19. The first kappa shape index (κ1) is 17.4. The number of carbonyl (C=O) groups is 1. The van der Waals surface area contributed by atoms with Crippen molar-refractivity contribution in [1.29, 1.82) is 0 Å². The van der Waals surface area contributed by atoms with Crippen LogP contribution in [-0.4, -0.2) is 15.5 Å². The van der Waals surface area contributed by atoms with Crippen molar-refractivity contribution in [2.45, 2.75) is 20.8 Å². The first-order chi connectivity index (χ1) is 12.4. The zero-order chi connectivity index (χ0) is 18.8. The molecule has 0 saturated heterocycles. The molecule has 6 nitrogen and oxygen atoms in total. The average Bonchev–Trinajstić information content (AvgIpc) is 2.60. The Hall–Kier alpha value is -3.41. The highest BCUT2D eigenvalue weighted by atomic mass is 16.2. The molecule has 6 heteroatoms. The van der Waals surface area contributed by atoms with Crippen LogP contribution in [-0.2, 0) is 0 Å². The van der Waals surface area contributed by atoms with Crippen molar-refractivity contribution < 1.29 is 4.79 Å². The van der Waals surface area contributed by atoms with Crippen molar-refractivity contribution in [3.63, 3.8) is 0 Å². The number of anilines is 1. The van der Waals surface area contributed by atoms with Crippen LogP contribution in [0.4, 0.5) is 5.69 Å². The minimum absolute atomic E-state index is 0.133. The number of aryl methyl sites for hydroxylation is 2. The number of rotatable bonds is 3. The largest absolute Gasteiger partial charge is 0.333 e. The van der Waals surface area contributed by atoms with E-state index in [1.807, 2.05) is 32.9 Å². The predicted molar refractivity (Wildman–Crippen MR) is 101 cm³/mol. The summed E-state index contributed by atoms with van der Waals surface area (Å²) in [7, 11) is 0. The number of aromatic nitrogens is 2. The van der Waals surface area contributed by atoms with Gasteiger partial charge in [-0.3, -0.25) is 9.59 Å². The fourth-order valence-electron chi connectivity index (χ4n) is 2.64. The Labute approximate surface area is 150 Å². The van der Waals surface area contributed by atoms with Gasteiger partial charge in [-0.1, -0.05) is 29.8 Å². The van der Waals surface area contributed by atoms with E-state index in [1.165, 1.54) is 0 Å². The second kappa shape index (κ2) is 6.84. The van der Waals surface area contributed by atoms with E-state index < -0.39 is 17.2 Å². The normalized spacial score (nSPS) is 10.6. The van der Waals surface area contributed by atoms with E-state index in [1.54, 1.807) is 30.3 Å². The van der Waals surface area contributed by atoms with E-state index in [0.29, 0.717) is 11.4 Å². The lowest BCUT2D eigenvalue weighted by molar-refractivity contribution is 0.102. The summed E-state index contributed by atoms with van der Waals surface area (Å²) in [6, 6.07) is 12.5. The van der Waals surface area contributed by atoms with E-state index >= 15 is 0 Å². The van der Waals surface area contributed by atoms with Crippen molar-refractivity contribution in [1.82, 2.24) is 9.55 Å². The van der Waals surface area contributed by atoms with Crippen LogP contribution in [0.1, 0.15) is 27.0 Å². The van der Waals surface area contributed by atoms with Crippen molar-refractivity contribution in [2.75, 3.05) is 5.32 Å². The summed E-state index contributed by atoms with van der Waals surface area (Å²) in [5, 5.41) is 2.74. The predicted octanol–water partition coefficient (Wildman–Crippen LogP) is 2.70. The Balaban J connectivity index is 2.04. The number of hydrogen-bond donors (Lipinski definition) is 2. The van der Waals surface area contributed by atoms with Crippen LogP contribution >= 0.6 is 0 Å². The molecule has 132 valence electrons. The second-order valence-electron chi connectivity index (χ2n) is 6.19. The van der Waals surface area contributed by atoms with Gasteiger partial charge >= 0.3 is 5.69 Å². The molecule has 0 fully saturated rings. The summed E-state index contributed by atoms with van der Waals surface area (Å²) in [5.74, 6) is -0.569. The number of carbonyl (C=O) groups excluding carboxylic acids is 1. The number of aromatic amines is 1. The molecule has 0 spiro atoms. The summed E-state index contributed by atoms with van der Waals surface area (Å²) < 4.78 is 0.956. The number of benzene rings is 2. The Kier molecular flexibility index (Phi) is 4.58. The minimum Gasteiger partial charge on any atom is -0.322 e. The zero-order valence-corrected chi connectivity index (χ0v) is 14.8. The smallest absolute Gasteiger partial charge is 0.322 e. The molecular weight excluding hydrogens is 330 g/mol. The lowest BCUT2D eigenvalue weighted by Crippen LogP contribution is -2.38. The number of nitrogens with one attached hydrogen (secondary N) is 2. The highest BCUT2D eigenvalue weighted by Gasteiger charge is 2.16. The third-order valence-corrected chi connectivity index (χ3v) is 4.37. The van der Waals surface area contributed by atoms with Gasteiger partial charge in [-0.05, 0) is 50.1 Å². The van der Waals surface area contributed by atoms with Crippen molar-refractivity contribution in [3.05, 3.63) is 91.8 Å². The molecular formula is C20H19N3O3. The number of hydrogen-bond acceptors (Lipinski definition) is 3. The lowest BCUT2D eigenvalue weighted by Gasteiger charge is -2.11. The first-order valence-corrected chi connectivity index (χ1v) is 8.18. The van der Waals surface area contributed by atoms with Gasteiger partial charge in [0.05, 0.1) is 5.69 Å². The summed E-state index contributed by atoms with van der Waals surface area (Å²) in [6.07, 6.45) is 1.15. The summed E-state index contributed by atoms with van der Waals surface area (Å²) in [6.45, 7) is 5.74. The molecule has 26 heavy (non-hydrogen) atoms. The molecule has 0 aliphatic carbocycles. The molecule has 0 bridgehead atoms. The van der Waals surface area contributed by atoms with E-state index in [-0.39, 0.29) is 5.56 Å². The van der Waals surface area contributed by atoms with E-state index in [2.05, 4.69) is 10.3 Å². The maximum atomic E-state index is 12.7. The van der Waals surface area contributed by atoms with Crippen molar-refractivity contribution >= 4 is 11.6 Å². The van der Waals surface area contributed by atoms with Gasteiger partial charge in [0.2, 0.25) is 0 Å². The Morgan fingerprint density at radius 3 is 2.38 bits per heavy atom. The van der Waals surface area contributed by atoms with Gasteiger partial charge in [-0.25, -0.2) is 9.36 Å². The third-order valence-electron chi connectivity index (χ3n) is 4.37. The van der Waals surface area contributed by atoms with Crippen LogP contribution < -0.4 is 16.6 Å². The van der Waals surface area contributed by atoms with Crippen molar-refractivity contribution in [3.8, 4) is 5.69 Å². The van der Waals surface area contributed by atoms with E-state index in [9.17, 15) is 14.4 Å². The maximum Gasteiger partial charge on any atom is 0.333 e. The molecule has 2 aromatic carbocycles. The van der Waals surface area contributed by atoms with Crippen LogP contribution in [0.2, 0.25) is 0 Å². The maximum absolute atomic E-state index is 12.7.